The molecule has 0 saturated carbocycles. The molecule has 4 amide bonds. The fourth-order valence-corrected chi connectivity index (χ4v) is 9.76. The number of rotatable bonds is 14. The van der Waals surface area contributed by atoms with Crippen molar-refractivity contribution < 1.29 is 38.1 Å². The van der Waals surface area contributed by atoms with Gasteiger partial charge in [0.05, 0.1) is 27.8 Å². The van der Waals surface area contributed by atoms with Gasteiger partial charge in [-0.15, -0.1) is 0 Å². The standard InChI is InChI=1S/2C30H35N7O4/c1-29(2,3)41-28(39)36-30(13-16-37(17-14-30)26-21-12-15-32-25(21)33-19-34-26)27(38)35-22-10-7-11-23(24(22)31)40-18-20-8-5-4-6-9-20;1-29(2,3)41-28(39)36-30(13-16-37(17-14-30)26-21-12-15-32-25(21)33-19-34-26)27(38)35-24-22(31)10-7-11-23(24)40-18-20-8-5-4-6-9-20/h2*4-12,15,19H,13-14,16-18,31H2,1-3H3,(H,35,38)(H,36,39)(H,32,33,34). The summed E-state index contributed by atoms with van der Waals surface area (Å²) >= 11 is 0. The number of aromatic amines is 2. The number of para-hydroxylation sites is 2. The second-order valence-corrected chi connectivity index (χ2v) is 22.2. The SMILES string of the molecule is CC(C)(C)OC(=O)NC1(C(=O)Nc2c(N)cccc2OCc2ccccc2)CCN(c2ncnc3[nH]ccc23)CC1.CC(C)(C)OC(=O)NC1(C(=O)Nc2cccc(OCc3ccccc3)c2N)CCN(c2ncnc3[nH]ccc23)CC1. The first-order valence-corrected chi connectivity index (χ1v) is 27.1. The fraction of sp³-hybridized carbons (Fsp3) is 0.333. The minimum atomic E-state index is -1.26. The Balaban J connectivity index is 0.000000198. The van der Waals surface area contributed by atoms with Crippen LogP contribution in [0.25, 0.3) is 22.1 Å². The van der Waals surface area contributed by atoms with E-state index in [-0.39, 0.29) is 5.91 Å². The molecule has 0 aliphatic carbocycles. The Morgan fingerprint density at radius 2 is 0.988 bits per heavy atom. The average molecular weight is 1120 g/mol. The molecule has 0 atom stereocenters. The lowest BCUT2D eigenvalue weighted by Crippen LogP contribution is -2.62. The van der Waals surface area contributed by atoms with Crippen molar-refractivity contribution in [2.75, 3.05) is 58.1 Å². The van der Waals surface area contributed by atoms with Gasteiger partial charge < -0.3 is 71.4 Å². The van der Waals surface area contributed by atoms with Crippen molar-refractivity contribution in [2.45, 2.75) is 103 Å². The lowest BCUT2D eigenvalue weighted by molar-refractivity contribution is -0.124. The third kappa shape index (κ3) is 13.9. The first kappa shape index (κ1) is 57.1. The summed E-state index contributed by atoms with van der Waals surface area (Å²) in [6.07, 6.45) is 6.57. The molecular formula is C60H70N14O8. The van der Waals surface area contributed by atoms with E-state index in [0.717, 1.165) is 44.8 Å². The quantitative estimate of drug-likeness (QED) is 0.0471. The van der Waals surface area contributed by atoms with Crippen LogP contribution >= 0.6 is 0 Å². The number of fused-ring (bicyclic) bond motifs is 2. The van der Waals surface area contributed by atoms with Crippen molar-refractivity contribution in [2.24, 2.45) is 0 Å². The Kier molecular flexibility index (Phi) is 17.0. The average Bonchev–Trinajstić information content (AvgIpc) is 3.84. The molecule has 22 nitrogen and oxygen atoms in total. The van der Waals surface area contributed by atoms with Crippen molar-refractivity contribution in [3.05, 3.63) is 145 Å². The summed E-state index contributed by atoms with van der Waals surface area (Å²) in [7, 11) is 0. The summed E-state index contributed by atoms with van der Waals surface area (Å²) in [4.78, 5) is 81.8. The van der Waals surface area contributed by atoms with E-state index < -0.39 is 40.4 Å². The molecular weight excluding hydrogens is 1040 g/mol. The maximum Gasteiger partial charge on any atom is 0.408 e. The van der Waals surface area contributed by atoms with Crippen LogP contribution in [0.15, 0.2) is 134 Å². The van der Waals surface area contributed by atoms with Crippen molar-refractivity contribution in [1.29, 1.82) is 0 Å². The Morgan fingerprint density at radius 1 is 0.549 bits per heavy atom. The van der Waals surface area contributed by atoms with Gasteiger partial charge in [0.25, 0.3) is 5.91 Å². The van der Waals surface area contributed by atoms with Crippen LogP contribution in [0.5, 0.6) is 11.5 Å². The summed E-state index contributed by atoms with van der Waals surface area (Å²) in [5.74, 6) is 1.64. The lowest BCUT2D eigenvalue weighted by Gasteiger charge is -2.41. The molecule has 2 aliphatic heterocycles. The molecule has 2 fully saturated rings. The van der Waals surface area contributed by atoms with Crippen molar-refractivity contribution in [3.8, 4) is 11.5 Å². The number of H-pyrrole nitrogens is 2. The van der Waals surface area contributed by atoms with E-state index >= 15 is 0 Å². The molecule has 0 spiro atoms. The van der Waals surface area contributed by atoms with E-state index in [9.17, 15) is 19.2 Å². The minimum absolute atomic E-state index is 0.302. The number of nitrogen functional groups attached to an aromatic ring is 2. The third-order valence-electron chi connectivity index (χ3n) is 13.9. The van der Waals surface area contributed by atoms with E-state index in [4.69, 9.17) is 30.4 Å². The van der Waals surface area contributed by atoms with Gasteiger partial charge in [-0.05, 0) is 115 Å². The number of anilines is 6. The minimum Gasteiger partial charge on any atom is -0.487 e. The molecule has 428 valence electrons. The number of carbonyl (C=O) groups is 4. The first-order chi connectivity index (χ1) is 39.3. The van der Waals surface area contributed by atoms with Crippen LogP contribution in [0.2, 0.25) is 0 Å². The van der Waals surface area contributed by atoms with Gasteiger partial charge in [0, 0.05) is 38.6 Å². The number of nitrogens with zero attached hydrogens (tertiary/aromatic N) is 6. The number of ether oxygens (including phenoxy) is 4. The van der Waals surface area contributed by atoms with Gasteiger partial charge in [0.2, 0.25) is 5.91 Å². The fourth-order valence-electron chi connectivity index (χ4n) is 9.76. The van der Waals surface area contributed by atoms with E-state index in [0.29, 0.717) is 99.3 Å². The summed E-state index contributed by atoms with van der Waals surface area (Å²) in [5.41, 5.74) is 13.6. The van der Waals surface area contributed by atoms with Crippen molar-refractivity contribution >= 4 is 80.5 Å². The summed E-state index contributed by atoms with van der Waals surface area (Å²) in [5, 5.41) is 13.5. The lowest BCUT2D eigenvalue weighted by atomic mass is 9.86. The van der Waals surface area contributed by atoms with Gasteiger partial charge in [0.15, 0.2) is 0 Å². The van der Waals surface area contributed by atoms with Crippen LogP contribution in [-0.4, -0.2) is 102 Å². The molecule has 10 N–H and O–H groups in total. The molecule has 82 heavy (non-hydrogen) atoms. The van der Waals surface area contributed by atoms with Crippen LogP contribution in [0.4, 0.5) is 44.0 Å². The number of piperidine rings is 2. The van der Waals surface area contributed by atoms with E-state index in [1.165, 1.54) is 12.7 Å². The van der Waals surface area contributed by atoms with E-state index in [2.05, 4.69) is 61.0 Å². The van der Waals surface area contributed by atoms with Crippen LogP contribution in [0.1, 0.15) is 78.4 Å². The highest BCUT2D eigenvalue weighted by molar-refractivity contribution is 6.04. The number of benzene rings is 4. The number of hydrogen-bond acceptors (Lipinski definition) is 16. The second-order valence-electron chi connectivity index (χ2n) is 22.2. The molecule has 2 aliphatic rings. The Hall–Kier alpha value is -9.60. The zero-order chi connectivity index (χ0) is 58.1. The zero-order valence-electron chi connectivity index (χ0n) is 46.9. The Bertz CT molecular complexity index is 3510. The number of carbonyl (C=O) groups excluding carboxylic acids is 4. The number of alkyl carbamates (subject to hydrolysis) is 2. The van der Waals surface area contributed by atoms with Gasteiger partial charge in [-0.1, -0.05) is 72.8 Å². The predicted octanol–water partition coefficient (Wildman–Crippen LogP) is 9.24. The van der Waals surface area contributed by atoms with Crippen LogP contribution in [0, 0.1) is 0 Å². The molecule has 4 aromatic heterocycles. The number of nitrogens with one attached hydrogen (secondary N) is 6. The molecule has 0 bridgehead atoms. The van der Waals surface area contributed by atoms with Crippen LogP contribution in [-0.2, 0) is 32.3 Å². The monoisotopic (exact) mass is 1110 g/mol. The highest BCUT2D eigenvalue weighted by Crippen LogP contribution is 2.37. The largest absolute Gasteiger partial charge is 0.487 e. The van der Waals surface area contributed by atoms with Gasteiger partial charge in [-0.25, -0.2) is 29.5 Å². The van der Waals surface area contributed by atoms with E-state index in [1.54, 1.807) is 77.9 Å². The maximum absolute atomic E-state index is 14.0. The van der Waals surface area contributed by atoms with Gasteiger partial charge in [-0.2, -0.15) is 0 Å². The molecule has 4 aromatic carbocycles. The number of nitrogens with two attached hydrogens (primary N) is 2. The second kappa shape index (κ2) is 24.4. The molecule has 22 heteroatoms. The molecule has 8 aromatic rings. The van der Waals surface area contributed by atoms with E-state index in [1.807, 2.05) is 85.2 Å². The number of aromatic nitrogens is 6. The molecule has 10 rings (SSSR count). The smallest absolute Gasteiger partial charge is 0.408 e. The molecule has 0 unspecified atom stereocenters. The number of amides is 4. The van der Waals surface area contributed by atoms with Crippen molar-refractivity contribution in [3.63, 3.8) is 0 Å². The number of hydrogen-bond donors (Lipinski definition) is 8. The van der Waals surface area contributed by atoms with Crippen molar-refractivity contribution in [1.82, 2.24) is 40.5 Å². The maximum atomic E-state index is 14.0. The predicted molar refractivity (Wildman–Crippen MR) is 315 cm³/mol. The molecule has 2 saturated heterocycles. The third-order valence-corrected chi connectivity index (χ3v) is 13.9. The molecule has 0 radical (unpaired) electrons. The molecule has 6 heterocycles. The van der Waals surface area contributed by atoms with Crippen LogP contribution in [0.3, 0.4) is 0 Å². The first-order valence-electron chi connectivity index (χ1n) is 27.1. The summed E-state index contributed by atoms with van der Waals surface area (Å²) in [6.45, 7) is 13.2. The Morgan fingerprint density at radius 3 is 1.46 bits per heavy atom. The summed E-state index contributed by atoms with van der Waals surface area (Å²) in [6, 6.07) is 33.7. The normalized spacial score (nSPS) is 14.9. The Labute approximate surface area is 475 Å². The van der Waals surface area contributed by atoms with Crippen LogP contribution < -0.4 is 52.0 Å². The van der Waals surface area contributed by atoms with Gasteiger partial charge >= 0.3 is 12.2 Å². The zero-order valence-corrected chi connectivity index (χ0v) is 46.9. The highest BCUT2D eigenvalue weighted by Gasteiger charge is 2.46. The summed E-state index contributed by atoms with van der Waals surface area (Å²) < 4.78 is 23.1. The van der Waals surface area contributed by atoms with Gasteiger partial charge in [0.1, 0.15) is 88.3 Å². The highest BCUT2D eigenvalue weighted by atomic mass is 16.6. The van der Waals surface area contributed by atoms with Gasteiger partial charge in [-0.3, -0.25) is 9.59 Å². The topological polar surface area (TPSA) is 295 Å².